The predicted octanol–water partition coefficient (Wildman–Crippen LogP) is 0.822. The van der Waals surface area contributed by atoms with Gasteiger partial charge in [0.15, 0.2) is 0 Å². The molecule has 1 unspecified atom stereocenters. The van der Waals surface area contributed by atoms with E-state index in [0.29, 0.717) is 6.54 Å². The Morgan fingerprint density at radius 2 is 2.06 bits per heavy atom. The van der Waals surface area contributed by atoms with E-state index in [9.17, 15) is 9.90 Å². The second-order valence-electron chi connectivity index (χ2n) is 4.09. The number of rotatable bonds is 3. The molecule has 0 fully saturated rings. The average Bonchev–Trinajstić information content (AvgIpc) is 2.49. The number of hydrogen-bond donors (Lipinski definition) is 1. The maximum absolute atomic E-state index is 10.8. The molecule has 17 heavy (non-hydrogen) atoms. The second kappa shape index (κ2) is 4.97. The van der Waals surface area contributed by atoms with E-state index in [2.05, 4.69) is 0 Å². The van der Waals surface area contributed by atoms with Crippen molar-refractivity contribution in [3.63, 3.8) is 0 Å². The zero-order valence-electron chi connectivity index (χ0n) is 9.43. The van der Waals surface area contributed by atoms with E-state index in [0.717, 1.165) is 16.7 Å². The number of fused-ring (bicyclic) bond motifs is 1. The Hall–Kier alpha value is -1.87. The molecule has 0 saturated heterocycles. The Labute approximate surface area is 100 Å². The first kappa shape index (κ1) is 11.6. The smallest absolute Gasteiger partial charge is 0.0423 e. The van der Waals surface area contributed by atoms with Crippen LogP contribution in [0.4, 0.5) is 0 Å². The summed E-state index contributed by atoms with van der Waals surface area (Å²) in [4.78, 5) is 10.8. The maximum atomic E-state index is 10.8. The molecule has 0 saturated carbocycles. The van der Waals surface area contributed by atoms with Crippen molar-refractivity contribution in [1.82, 2.24) is 0 Å². The van der Waals surface area contributed by atoms with Gasteiger partial charge in [-0.2, -0.15) is 0 Å². The van der Waals surface area contributed by atoms with Crippen LogP contribution in [0.25, 0.3) is 6.08 Å². The highest BCUT2D eigenvalue weighted by atomic mass is 16.4. The predicted molar refractivity (Wildman–Crippen MR) is 65.0 cm³/mol. The highest BCUT2D eigenvalue weighted by molar-refractivity contribution is 5.69. The fourth-order valence-corrected chi connectivity index (χ4v) is 2.09. The van der Waals surface area contributed by atoms with Gasteiger partial charge in [0.05, 0.1) is 0 Å². The Bertz CT molecular complexity index is 489. The van der Waals surface area contributed by atoms with Gasteiger partial charge in [0.25, 0.3) is 0 Å². The van der Waals surface area contributed by atoms with Crippen LogP contribution in [0.2, 0.25) is 0 Å². The summed E-state index contributed by atoms with van der Waals surface area (Å²) in [6.45, 7) is 0.411. The van der Waals surface area contributed by atoms with Crippen molar-refractivity contribution in [3.05, 3.63) is 53.1 Å². The summed E-state index contributed by atoms with van der Waals surface area (Å²) < 4.78 is 0. The third-order valence-corrected chi connectivity index (χ3v) is 2.91. The van der Waals surface area contributed by atoms with Crippen molar-refractivity contribution in [1.29, 1.82) is 0 Å². The summed E-state index contributed by atoms with van der Waals surface area (Å²) in [5.41, 5.74) is 8.62. The van der Waals surface area contributed by atoms with E-state index in [-0.39, 0.29) is 12.3 Å². The normalized spacial score (nSPS) is 18.2. The monoisotopic (exact) mass is 228 g/mol. The number of nitrogens with two attached hydrogens (primary N) is 1. The van der Waals surface area contributed by atoms with E-state index < -0.39 is 5.97 Å². The zero-order chi connectivity index (χ0) is 12.3. The quantitative estimate of drug-likeness (QED) is 0.833. The molecule has 2 rings (SSSR count). The summed E-state index contributed by atoms with van der Waals surface area (Å²) in [5.74, 6) is -1.20. The summed E-state index contributed by atoms with van der Waals surface area (Å²) in [5, 5.41) is 10.8. The van der Waals surface area contributed by atoms with E-state index >= 15 is 0 Å². The van der Waals surface area contributed by atoms with Crippen LogP contribution < -0.4 is 10.8 Å². The fourth-order valence-electron chi connectivity index (χ4n) is 2.09. The molecule has 0 heterocycles. The van der Waals surface area contributed by atoms with E-state index in [4.69, 9.17) is 5.73 Å². The van der Waals surface area contributed by atoms with Gasteiger partial charge in [-0.3, -0.25) is 0 Å². The van der Waals surface area contributed by atoms with Gasteiger partial charge < -0.3 is 15.6 Å². The SMILES string of the molecule is NCC1=CC(CC(=O)[O-])c2ccccc2C=C1. The van der Waals surface area contributed by atoms with Gasteiger partial charge in [-0.1, -0.05) is 42.5 Å². The van der Waals surface area contributed by atoms with Gasteiger partial charge >= 0.3 is 0 Å². The minimum atomic E-state index is -1.04. The third-order valence-electron chi connectivity index (χ3n) is 2.91. The summed E-state index contributed by atoms with van der Waals surface area (Å²) >= 11 is 0. The minimum Gasteiger partial charge on any atom is -0.550 e. The van der Waals surface area contributed by atoms with Gasteiger partial charge in [0.1, 0.15) is 0 Å². The Balaban J connectivity index is 2.44. The standard InChI is InChI=1S/C14H15NO2/c15-9-10-5-6-11-3-1-2-4-13(11)12(7-10)8-14(16)17/h1-7,12H,8-9,15H2,(H,16,17)/p-1. The molecular weight excluding hydrogens is 214 g/mol. The van der Waals surface area contributed by atoms with Crippen molar-refractivity contribution >= 4 is 12.0 Å². The molecule has 88 valence electrons. The van der Waals surface area contributed by atoms with Gasteiger partial charge in [0, 0.05) is 18.4 Å². The van der Waals surface area contributed by atoms with Crippen LogP contribution in [0.5, 0.6) is 0 Å². The Kier molecular flexibility index (Phi) is 3.40. The van der Waals surface area contributed by atoms with Crippen LogP contribution in [0.1, 0.15) is 23.5 Å². The van der Waals surface area contributed by atoms with Crippen LogP contribution in [0, 0.1) is 0 Å². The van der Waals surface area contributed by atoms with Crippen LogP contribution in [0.3, 0.4) is 0 Å². The fraction of sp³-hybridized carbons (Fsp3) is 0.214. The zero-order valence-corrected chi connectivity index (χ0v) is 9.43. The van der Waals surface area contributed by atoms with Crippen molar-refractivity contribution in [2.45, 2.75) is 12.3 Å². The molecule has 0 amide bonds. The molecule has 2 N–H and O–H groups in total. The molecule has 0 aliphatic heterocycles. The van der Waals surface area contributed by atoms with Gasteiger partial charge in [-0.15, -0.1) is 0 Å². The van der Waals surface area contributed by atoms with Crippen LogP contribution in [-0.4, -0.2) is 12.5 Å². The van der Waals surface area contributed by atoms with Crippen molar-refractivity contribution in [2.75, 3.05) is 6.54 Å². The molecule has 1 aliphatic rings. The lowest BCUT2D eigenvalue weighted by Crippen LogP contribution is -2.24. The minimum absolute atomic E-state index is 0.0117. The highest BCUT2D eigenvalue weighted by Gasteiger charge is 2.14. The number of benzene rings is 1. The number of carboxylic acids is 1. The van der Waals surface area contributed by atoms with E-state index in [1.807, 2.05) is 42.5 Å². The molecule has 3 heteroatoms. The number of carbonyl (C=O) groups excluding carboxylic acids is 1. The summed E-state index contributed by atoms with van der Waals surface area (Å²) in [6.07, 6.45) is 5.82. The lowest BCUT2D eigenvalue weighted by molar-refractivity contribution is -0.305. The van der Waals surface area contributed by atoms with Gasteiger partial charge in [-0.05, 0) is 23.1 Å². The number of hydrogen-bond acceptors (Lipinski definition) is 3. The molecule has 0 spiro atoms. The van der Waals surface area contributed by atoms with Crippen LogP contribution in [0.15, 0.2) is 42.0 Å². The molecule has 1 atom stereocenters. The molecule has 0 aromatic heterocycles. The first-order chi connectivity index (χ1) is 8.20. The topological polar surface area (TPSA) is 66.2 Å². The number of carboxylic acid groups (broad SMARTS) is 1. The lowest BCUT2D eigenvalue weighted by Gasteiger charge is -2.16. The van der Waals surface area contributed by atoms with Crippen LogP contribution in [-0.2, 0) is 4.79 Å². The molecule has 1 aliphatic carbocycles. The Morgan fingerprint density at radius 3 is 2.76 bits per heavy atom. The summed E-state index contributed by atoms with van der Waals surface area (Å²) in [6, 6.07) is 7.77. The lowest BCUT2D eigenvalue weighted by atomic mass is 9.91. The van der Waals surface area contributed by atoms with Gasteiger partial charge in [0.2, 0.25) is 0 Å². The number of carbonyl (C=O) groups is 1. The maximum Gasteiger partial charge on any atom is 0.0423 e. The Morgan fingerprint density at radius 1 is 1.29 bits per heavy atom. The molecular formula is C14H14NO2-. The number of allylic oxidation sites excluding steroid dienone is 1. The van der Waals surface area contributed by atoms with Gasteiger partial charge in [-0.25, -0.2) is 0 Å². The first-order valence-corrected chi connectivity index (χ1v) is 5.58. The molecule has 0 radical (unpaired) electrons. The average molecular weight is 228 g/mol. The first-order valence-electron chi connectivity index (χ1n) is 5.58. The largest absolute Gasteiger partial charge is 0.550 e. The third kappa shape index (κ3) is 2.63. The molecule has 0 bridgehead atoms. The van der Waals surface area contributed by atoms with Crippen molar-refractivity contribution < 1.29 is 9.90 Å². The van der Waals surface area contributed by atoms with E-state index in [1.165, 1.54) is 0 Å². The summed E-state index contributed by atoms with van der Waals surface area (Å²) in [7, 11) is 0. The molecule has 3 nitrogen and oxygen atoms in total. The highest BCUT2D eigenvalue weighted by Crippen LogP contribution is 2.29. The second-order valence-corrected chi connectivity index (χ2v) is 4.09. The van der Waals surface area contributed by atoms with Crippen LogP contribution >= 0.6 is 0 Å². The van der Waals surface area contributed by atoms with Crippen molar-refractivity contribution in [3.8, 4) is 0 Å². The van der Waals surface area contributed by atoms with Crippen molar-refractivity contribution in [2.24, 2.45) is 5.73 Å². The van der Waals surface area contributed by atoms with E-state index in [1.54, 1.807) is 0 Å². The molecule has 1 aromatic carbocycles. The molecule has 1 aromatic rings. The number of aliphatic carboxylic acids is 1.